The van der Waals surface area contributed by atoms with Crippen LogP contribution in [0.3, 0.4) is 0 Å². The van der Waals surface area contributed by atoms with Gasteiger partial charge < -0.3 is 14.8 Å². The van der Waals surface area contributed by atoms with Gasteiger partial charge in [0.2, 0.25) is 5.91 Å². The van der Waals surface area contributed by atoms with Crippen molar-refractivity contribution < 1.29 is 14.3 Å². The number of furan rings is 1. The van der Waals surface area contributed by atoms with E-state index in [2.05, 4.69) is 5.32 Å². The molecule has 4 heteroatoms. The van der Waals surface area contributed by atoms with Gasteiger partial charge in [0.1, 0.15) is 11.5 Å². The molecule has 20 heavy (non-hydrogen) atoms. The van der Waals surface area contributed by atoms with Gasteiger partial charge in [-0.25, -0.2) is 0 Å². The van der Waals surface area contributed by atoms with Crippen molar-refractivity contribution in [1.82, 2.24) is 5.32 Å². The van der Waals surface area contributed by atoms with Gasteiger partial charge in [-0.1, -0.05) is 30.3 Å². The maximum atomic E-state index is 11.9. The summed E-state index contributed by atoms with van der Waals surface area (Å²) in [6, 6.07) is 12.8. The molecular weight excluding hydrogens is 254 g/mol. The monoisotopic (exact) mass is 273 g/mol. The van der Waals surface area contributed by atoms with Crippen LogP contribution >= 0.6 is 0 Å². The molecule has 1 heterocycles. The van der Waals surface area contributed by atoms with Crippen LogP contribution in [-0.2, 0) is 11.2 Å². The van der Waals surface area contributed by atoms with E-state index in [1.165, 1.54) is 0 Å². The largest absolute Gasteiger partial charge is 0.466 e. The Morgan fingerprint density at radius 2 is 2.00 bits per heavy atom. The van der Waals surface area contributed by atoms with Crippen molar-refractivity contribution in [3.63, 3.8) is 0 Å². The quantitative estimate of drug-likeness (QED) is 0.849. The fraction of sp³-hybridized carbons (Fsp3) is 0.312. The molecule has 1 amide bonds. The normalized spacial score (nSPS) is 12.1. The van der Waals surface area contributed by atoms with Gasteiger partial charge in [-0.05, 0) is 24.6 Å². The predicted octanol–water partition coefficient (Wildman–Crippen LogP) is 2.37. The minimum Gasteiger partial charge on any atom is -0.466 e. The Morgan fingerprint density at radius 1 is 1.25 bits per heavy atom. The van der Waals surface area contributed by atoms with Crippen LogP contribution in [0, 0.1) is 6.92 Å². The number of aliphatic hydroxyl groups excluding tert-OH is 1. The van der Waals surface area contributed by atoms with Crippen molar-refractivity contribution in [2.45, 2.75) is 25.8 Å². The zero-order valence-electron chi connectivity index (χ0n) is 11.5. The van der Waals surface area contributed by atoms with Gasteiger partial charge in [0.05, 0.1) is 12.6 Å². The lowest BCUT2D eigenvalue weighted by Crippen LogP contribution is -2.30. The first kappa shape index (κ1) is 14.3. The Labute approximate surface area is 118 Å². The van der Waals surface area contributed by atoms with Crippen molar-refractivity contribution in [1.29, 1.82) is 0 Å². The first-order valence-corrected chi connectivity index (χ1v) is 6.69. The number of nitrogens with one attached hydrogen (secondary N) is 1. The second-order valence-corrected chi connectivity index (χ2v) is 4.73. The summed E-state index contributed by atoms with van der Waals surface area (Å²) in [5.41, 5.74) is 0.900. The lowest BCUT2D eigenvalue weighted by Gasteiger charge is -2.16. The summed E-state index contributed by atoms with van der Waals surface area (Å²) in [5, 5.41) is 12.2. The van der Waals surface area contributed by atoms with Crippen LogP contribution in [0.2, 0.25) is 0 Å². The third-order valence-corrected chi connectivity index (χ3v) is 3.11. The van der Waals surface area contributed by atoms with E-state index in [9.17, 15) is 9.90 Å². The highest BCUT2D eigenvalue weighted by molar-refractivity contribution is 5.76. The molecule has 1 atom stereocenters. The van der Waals surface area contributed by atoms with E-state index < -0.39 is 0 Å². The summed E-state index contributed by atoms with van der Waals surface area (Å²) >= 11 is 0. The minimum atomic E-state index is -0.359. The van der Waals surface area contributed by atoms with Crippen molar-refractivity contribution in [2.24, 2.45) is 0 Å². The molecule has 1 aromatic heterocycles. The average Bonchev–Trinajstić information content (AvgIpc) is 2.89. The topological polar surface area (TPSA) is 62.5 Å². The van der Waals surface area contributed by atoms with Crippen molar-refractivity contribution in [3.05, 3.63) is 59.5 Å². The van der Waals surface area contributed by atoms with Crippen LogP contribution in [0.5, 0.6) is 0 Å². The summed E-state index contributed by atoms with van der Waals surface area (Å²) in [6.07, 6.45) is 0.906. The van der Waals surface area contributed by atoms with E-state index in [0.717, 1.165) is 17.1 Å². The zero-order valence-corrected chi connectivity index (χ0v) is 11.5. The summed E-state index contributed by atoms with van der Waals surface area (Å²) in [6.45, 7) is 1.76. The number of rotatable bonds is 6. The molecule has 0 spiro atoms. The van der Waals surface area contributed by atoms with Crippen molar-refractivity contribution >= 4 is 5.91 Å². The zero-order chi connectivity index (χ0) is 14.4. The number of carbonyl (C=O) groups excluding carboxylic acids is 1. The molecule has 106 valence electrons. The van der Waals surface area contributed by atoms with Crippen LogP contribution in [0.4, 0.5) is 0 Å². The van der Waals surface area contributed by atoms with Crippen LogP contribution < -0.4 is 5.32 Å². The number of benzene rings is 1. The molecule has 0 radical (unpaired) electrons. The van der Waals surface area contributed by atoms with Gasteiger partial charge in [0, 0.05) is 12.8 Å². The van der Waals surface area contributed by atoms with Crippen molar-refractivity contribution in [2.75, 3.05) is 6.61 Å². The van der Waals surface area contributed by atoms with Crippen LogP contribution in [-0.4, -0.2) is 17.6 Å². The summed E-state index contributed by atoms with van der Waals surface area (Å²) in [4.78, 5) is 11.9. The molecule has 0 aliphatic carbocycles. The third kappa shape index (κ3) is 3.96. The molecular formula is C16H19NO3. The van der Waals surface area contributed by atoms with E-state index in [1.54, 1.807) is 0 Å². The molecule has 0 saturated carbocycles. The highest BCUT2D eigenvalue weighted by Crippen LogP contribution is 2.13. The fourth-order valence-corrected chi connectivity index (χ4v) is 2.04. The van der Waals surface area contributed by atoms with Crippen LogP contribution in [0.25, 0.3) is 0 Å². The second kappa shape index (κ2) is 6.91. The van der Waals surface area contributed by atoms with Gasteiger partial charge in [-0.3, -0.25) is 4.79 Å². The van der Waals surface area contributed by atoms with E-state index >= 15 is 0 Å². The molecule has 2 aromatic rings. The maximum absolute atomic E-state index is 11.9. The Bertz CT molecular complexity index is 548. The van der Waals surface area contributed by atoms with Gasteiger partial charge in [0.15, 0.2) is 0 Å². The lowest BCUT2D eigenvalue weighted by atomic mass is 10.1. The number of amides is 1. The van der Waals surface area contributed by atoms with Crippen molar-refractivity contribution in [3.8, 4) is 0 Å². The SMILES string of the molecule is Cc1ccc(CCC(=O)N[C@@H](CO)c2ccccc2)o1. The Hall–Kier alpha value is -2.07. The predicted molar refractivity (Wildman–Crippen MR) is 76.2 cm³/mol. The summed E-state index contributed by atoms with van der Waals surface area (Å²) in [5.74, 6) is 1.55. The molecule has 0 bridgehead atoms. The smallest absolute Gasteiger partial charge is 0.221 e. The average molecular weight is 273 g/mol. The molecule has 0 aliphatic heterocycles. The third-order valence-electron chi connectivity index (χ3n) is 3.11. The molecule has 2 N–H and O–H groups in total. The molecule has 2 rings (SSSR count). The van der Waals surface area contributed by atoms with Gasteiger partial charge in [0.25, 0.3) is 0 Å². The Balaban J connectivity index is 1.86. The fourth-order valence-electron chi connectivity index (χ4n) is 2.04. The van der Waals surface area contributed by atoms with E-state index in [4.69, 9.17) is 4.42 Å². The molecule has 4 nitrogen and oxygen atoms in total. The molecule has 0 fully saturated rings. The molecule has 1 aromatic carbocycles. The number of aryl methyl sites for hydroxylation is 2. The minimum absolute atomic E-state index is 0.0954. The van der Waals surface area contributed by atoms with E-state index in [1.807, 2.05) is 49.4 Å². The molecule has 0 saturated heterocycles. The van der Waals surface area contributed by atoms with E-state index in [-0.39, 0.29) is 18.6 Å². The molecule has 0 aliphatic rings. The Morgan fingerprint density at radius 3 is 2.60 bits per heavy atom. The van der Waals surface area contributed by atoms with Gasteiger partial charge in [-0.15, -0.1) is 0 Å². The van der Waals surface area contributed by atoms with Crippen LogP contribution in [0.1, 0.15) is 29.5 Å². The highest BCUT2D eigenvalue weighted by atomic mass is 16.3. The van der Waals surface area contributed by atoms with Gasteiger partial charge in [-0.2, -0.15) is 0 Å². The summed E-state index contributed by atoms with van der Waals surface area (Å²) < 4.78 is 5.42. The number of hydrogen-bond donors (Lipinski definition) is 2. The second-order valence-electron chi connectivity index (χ2n) is 4.73. The Kier molecular flexibility index (Phi) is 4.96. The first-order valence-electron chi connectivity index (χ1n) is 6.69. The number of carbonyl (C=O) groups is 1. The van der Waals surface area contributed by atoms with Gasteiger partial charge >= 0.3 is 0 Å². The van der Waals surface area contributed by atoms with E-state index in [0.29, 0.717) is 12.8 Å². The first-order chi connectivity index (χ1) is 9.69. The number of hydrogen-bond acceptors (Lipinski definition) is 3. The summed E-state index contributed by atoms with van der Waals surface area (Å²) in [7, 11) is 0. The standard InChI is InChI=1S/C16H19NO3/c1-12-7-8-14(20-12)9-10-16(19)17-15(11-18)13-5-3-2-4-6-13/h2-8,15,18H,9-11H2,1H3,(H,17,19)/t15-/m0/s1. The molecule has 0 unspecified atom stereocenters. The lowest BCUT2D eigenvalue weighted by molar-refractivity contribution is -0.122. The highest BCUT2D eigenvalue weighted by Gasteiger charge is 2.13. The van der Waals surface area contributed by atoms with Crippen LogP contribution in [0.15, 0.2) is 46.9 Å². The maximum Gasteiger partial charge on any atom is 0.221 e. The number of aliphatic hydroxyl groups is 1.